The zero-order valence-corrected chi connectivity index (χ0v) is 21.3. The molecule has 5 rings (SSSR count). The van der Waals surface area contributed by atoms with Crippen LogP contribution in [-0.2, 0) is 4.79 Å². The van der Waals surface area contributed by atoms with Crippen molar-refractivity contribution in [3.63, 3.8) is 0 Å². The molecule has 0 fully saturated rings. The molecule has 0 bridgehead atoms. The maximum Gasteiger partial charge on any atom is 0.234 e. The molecule has 0 spiro atoms. The van der Waals surface area contributed by atoms with Gasteiger partial charge in [0.15, 0.2) is 11.0 Å². The van der Waals surface area contributed by atoms with Crippen molar-refractivity contribution in [2.45, 2.75) is 5.16 Å². The van der Waals surface area contributed by atoms with E-state index < -0.39 is 0 Å². The lowest BCUT2D eigenvalue weighted by Gasteiger charge is -2.13. The molecule has 0 saturated heterocycles. The summed E-state index contributed by atoms with van der Waals surface area (Å²) in [5.41, 5.74) is 4.31. The molecule has 1 heterocycles. The smallest absolute Gasteiger partial charge is 0.234 e. The fraction of sp³-hybridized carbons (Fsp3) is 0.0357. The second-order valence-electron chi connectivity index (χ2n) is 7.85. The fourth-order valence-corrected chi connectivity index (χ4v) is 4.88. The zero-order chi connectivity index (χ0) is 24.9. The molecule has 4 aromatic carbocycles. The number of anilines is 1. The molecule has 0 aliphatic carbocycles. The van der Waals surface area contributed by atoms with Gasteiger partial charge in [-0.25, -0.2) is 0 Å². The molecule has 0 atom stereocenters. The number of hydrogen-bond donors (Lipinski definition) is 1. The number of carbonyl (C=O) groups excluding carboxylic acids is 1. The molecule has 8 heteroatoms. The van der Waals surface area contributed by atoms with Crippen LogP contribution in [0.15, 0.2) is 108 Å². The quantitative estimate of drug-likeness (QED) is 0.219. The maximum absolute atomic E-state index is 13.0. The van der Waals surface area contributed by atoms with Gasteiger partial charge in [0.1, 0.15) is 0 Å². The summed E-state index contributed by atoms with van der Waals surface area (Å²) in [4.78, 5) is 13.0. The molecule has 5 aromatic rings. The number of para-hydroxylation sites is 1. The second-order valence-corrected chi connectivity index (χ2v) is 9.63. The number of halogens is 2. The van der Waals surface area contributed by atoms with Crippen LogP contribution in [-0.4, -0.2) is 26.4 Å². The average molecular weight is 531 g/mol. The van der Waals surface area contributed by atoms with Crippen LogP contribution >= 0.6 is 35.0 Å². The summed E-state index contributed by atoms with van der Waals surface area (Å²) in [7, 11) is 0. The summed E-state index contributed by atoms with van der Waals surface area (Å²) in [6, 6.07) is 32.5. The molecule has 36 heavy (non-hydrogen) atoms. The lowest BCUT2D eigenvalue weighted by Crippen LogP contribution is -2.15. The molecule has 178 valence electrons. The van der Waals surface area contributed by atoms with Crippen LogP contribution < -0.4 is 5.32 Å². The van der Waals surface area contributed by atoms with E-state index in [0.29, 0.717) is 21.0 Å². The van der Waals surface area contributed by atoms with Gasteiger partial charge in [0.05, 0.1) is 10.8 Å². The van der Waals surface area contributed by atoms with Crippen LogP contribution in [0.3, 0.4) is 0 Å². The van der Waals surface area contributed by atoms with E-state index in [2.05, 4.69) is 15.5 Å². The van der Waals surface area contributed by atoms with E-state index in [1.165, 1.54) is 11.8 Å². The Kier molecular flexibility index (Phi) is 7.37. The van der Waals surface area contributed by atoms with E-state index in [9.17, 15) is 4.79 Å². The number of hydrogen-bond acceptors (Lipinski definition) is 4. The summed E-state index contributed by atoms with van der Waals surface area (Å²) >= 11 is 13.9. The first kappa shape index (κ1) is 24.1. The van der Waals surface area contributed by atoms with E-state index >= 15 is 0 Å². The first-order valence-electron chi connectivity index (χ1n) is 11.1. The Labute approximate surface area is 223 Å². The van der Waals surface area contributed by atoms with Crippen molar-refractivity contribution in [1.82, 2.24) is 14.8 Å². The highest BCUT2D eigenvalue weighted by molar-refractivity contribution is 7.99. The first-order valence-corrected chi connectivity index (χ1v) is 12.9. The molecule has 0 radical (unpaired) electrons. The molecule has 0 aliphatic heterocycles. The maximum atomic E-state index is 13.0. The van der Waals surface area contributed by atoms with Crippen LogP contribution in [0.4, 0.5) is 5.69 Å². The van der Waals surface area contributed by atoms with Crippen molar-refractivity contribution in [3.8, 4) is 28.2 Å². The number of nitrogens with zero attached hydrogens (tertiary/aromatic N) is 3. The SMILES string of the molecule is O=C(CSc1nnc(-c2ccccc2Cl)n1-c1ccc(Cl)cc1)Nc1ccccc1-c1ccccc1. The third kappa shape index (κ3) is 5.31. The summed E-state index contributed by atoms with van der Waals surface area (Å²) < 4.78 is 1.88. The van der Waals surface area contributed by atoms with Crippen LogP contribution in [0.5, 0.6) is 0 Å². The second kappa shape index (κ2) is 11.0. The van der Waals surface area contributed by atoms with Gasteiger partial charge in [-0.3, -0.25) is 9.36 Å². The van der Waals surface area contributed by atoms with Crippen molar-refractivity contribution < 1.29 is 4.79 Å². The van der Waals surface area contributed by atoms with Gasteiger partial charge < -0.3 is 5.32 Å². The number of amides is 1. The molecule has 1 amide bonds. The van der Waals surface area contributed by atoms with Crippen molar-refractivity contribution in [2.24, 2.45) is 0 Å². The standard InChI is InChI=1S/C28H20Cl2N4OS/c29-20-14-16-21(17-15-20)34-27(23-11-4-6-12-24(23)30)32-33-28(34)36-18-26(35)31-25-13-7-5-10-22(25)19-8-2-1-3-9-19/h1-17H,18H2,(H,31,35). The van der Waals surface area contributed by atoms with Crippen LogP contribution in [0.2, 0.25) is 10.0 Å². The molecular weight excluding hydrogens is 511 g/mol. The Hall–Kier alpha value is -3.58. The number of benzene rings is 4. The number of aromatic nitrogens is 3. The van der Waals surface area contributed by atoms with E-state index in [1.54, 1.807) is 12.1 Å². The van der Waals surface area contributed by atoms with Gasteiger partial charge in [0.25, 0.3) is 0 Å². The molecule has 1 aromatic heterocycles. The summed E-state index contributed by atoms with van der Waals surface area (Å²) in [6.45, 7) is 0. The average Bonchev–Trinajstić information content (AvgIpc) is 3.33. The largest absolute Gasteiger partial charge is 0.325 e. The molecule has 1 N–H and O–H groups in total. The van der Waals surface area contributed by atoms with Crippen molar-refractivity contribution in [3.05, 3.63) is 113 Å². The molecule has 0 unspecified atom stereocenters. The van der Waals surface area contributed by atoms with Crippen LogP contribution in [0.25, 0.3) is 28.2 Å². The third-order valence-electron chi connectivity index (χ3n) is 5.45. The van der Waals surface area contributed by atoms with Gasteiger partial charge in [0.2, 0.25) is 5.91 Å². The van der Waals surface area contributed by atoms with Crippen LogP contribution in [0.1, 0.15) is 0 Å². The Morgan fingerprint density at radius 2 is 1.44 bits per heavy atom. The lowest BCUT2D eigenvalue weighted by molar-refractivity contribution is -0.113. The van der Waals surface area contributed by atoms with Gasteiger partial charge in [-0.1, -0.05) is 95.6 Å². The van der Waals surface area contributed by atoms with Crippen molar-refractivity contribution in [2.75, 3.05) is 11.1 Å². The molecular formula is C28H20Cl2N4OS. The van der Waals surface area contributed by atoms with E-state index in [-0.39, 0.29) is 11.7 Å². The van der Waals surface area contributed by atoms with Crippen LogP contribution in [0, 0.1) is 0 Å². The van der Waals surface area contributed by atoms with Gasteiger partial charge >= 0.3 is 0 Å². The number of carbonyl (C=O) groups is 1. The van der Waals surface area contributed by atoms with Crippen molar-refractivity contribution in [1.29, 1.82) is 0 Å². The lowest BCUT2D eigenvalue weighted by atomic mass is 10.0. The number of nitrogens with one attached hydrogen (secondary N) is 1. The highest BCUT2D eigenvalue weighted by Crippen LogP contribution is 2.33. The van der Waals surface area contributed by atoms with Gasteiger partial charge in [0, 0.05) is 27.5 Å². The molecule has 5 nitrogen and oxygen atoms in total. The number of thioether (sulfide) groups is 1. The first-order chi connectivity index (χ1) is 17.6. The monoisotopic (exact) mass is 530 g/mol. The highest BCUT2D eigenvalue weighted by Gasteiger charge is 2.19. The van der Waals surface area contributed by atoms with E-state index in [4.69, 9.17) is 23.2 Å². The minimum absolute atomic E-state index is 0.145. The van der Waals surface area contributed by atoms with Crippen molar-refractivity contribution >= 4 is 46.6 Å². The zero-order valence-electron chi connectivity index (χ0n) is 18.9. The Morgan fingerprint density at radius 3 is 2.19 bits per heavy atom. The highest BCUT2D eigenvalue weighted by atomic mass is 35.5. The minimum atomic E-state index is -0.145. The third-order valence-corrected chi connectivity index (χ3v) is 6.96. The topological polar surface area (TPSA) is 59.8 Å². The predicted molar refractivity (Wildman–Crippen MR) is 148 cm³/mol. The minimum Gasteiger partial charge on any atom is -0.325 e. The normalized spacial score (nSPS) is 10.8. The Bertz CT molecular complexity index is 1500. The summed E-state index contributed by atoms with van der Waals surface area (Å²) in [5, 5.41) is 13.6. The predicted octanol–water partition coefficient (Wildman–Crippen LogP) is 7.64. The summed E-state index contributed by atoms with van der Waals surface area (Å²) in [6.07, 6.45) is 0. The Balaban J connectivity index is 1.40. The number of rotatable bonds is 7. The molecule has 0 aliphatic rings. The van der Waals surface area contributed by atoms with Gasteiger partial charge in [-0.05, 0) is 48.0 Å². The summed E-state index contributed by atoms with van der Waals surface area (Å²) in [5.74, 6) is 0.589. The van der Waals surface area contributed by atoms with E-state index in [0.717, 1.165) is 28.1 Å². The van der Waals surface area contributed by atoms with Gasteiger partial charge in [-0.2, -0.15) is 0 Å². The van der Waals surface area contributed by atoms with Gasteiger partial charge in [-0.15, -0.1) is 10.2 Å². The Morgan fingerprint density at radius 1 is 0.778 bits per heavy atom. The van der Waals surface area contributed by atoms with E-state index in [1.807, 2.05) is 95.6 Å². The fourth-order valence-electron chi connectivity index (χ4n) is 3.78. The molecule has 0 saturated carbocycles.